The summed E-state index contributed by atoms with van der Waals surface area (Å²) in [5.74, 6) is 0.648. The minimum Gasteiger partial charge on any atom is -0.468 e. The summed E-state index contributed by atoms with van der Waals surface area (Å²) in [5.41, 5.74) is 1.40. The molecule has 0 fully saturated rings. The van der Waals surface area contributed by atoms with Gasteiger partial charge in [0.2, 0.25) is 5.16 Å². The normalized spacial score (nSPS) is 17.8. The molecule has 0 spiro atoms. The van der Waals surface area contributed by atoms with E-state index in [0.29, 0.717) is 28.8 Å². The number of hydrogen-bond donors (Lipinski definition) is 0. The number of hydrogen-bond acceptors (Lipinski definition) is 7. The van der Waals surface area contributed by atoms with Crippen molar-refractivity contribution in [3.8, 4) is 0 Å². The zero-order valence-electron chi connectivity index (χ0n) is 11.7. The zero-order chi connectivity index (χ0) is 15.0. The summed E-state index contributed by atoms with van der Waals surface area (Å²) in [6.07, 6.45) is 3.00. The number of rotatable bonds is 3. The number of carbonyl (C=O) groups excluding carboxylic acids is 2. The summed E-state index contributed by atoms with van der Waals surface area (Å²) in [4.78, 5) is 31.8. The maximum Gasteiger partial charge on any atom is 0.316 e. The fourth-order valence-electron chi connectivity index (χ4n) is 2.30. The molecule has 0 N–H and O–H groups in total. The van der Waals surface area contributed by atoms with Crippen molar-refractivity contribution in [2.75, 3.05) is 12.9 Å². The molecule has 0 radical (unpaired) electrons. The van der Waals surface area contributed by atoms with Gasteiger partial charge in [-0.25, -0.2) is 9.50 Å². The van der Waals surface area contributed by atoms with Gasteiger partial charge in [-0.15, -0.1) is 5.10 Å². The van der Waals surface area contributed by atoms with E-state index in [1.54, 1.807) is 6.20 Å². The molecule has 0 amide bonds. The Bertz CT molecular complexity index is 728. The second kappa shape index (κ2) is 5.44. The Labute approximate surface area is 125 Å². The van der Waals surface area contributed by atoms with Crippen LogP contribution in [0, 0.1) is 5.92 Å². The van der Waals surface area contributed by atoms with Crippen LogP contribution in [0.15, 0.2) is 11.4 Å². The van der Waals surface area contributed by atoms with E-state index in [1.807, 2.05) is 6.92 Å². The first-order valence-corrected chi connectivity index (χ1v) is 7.54. The number of ether oxygens (including phenoxy) is 1. The number of aromatic nitrogens is 4. The molecule has 1 aliphatic rings. The molecule has 0 saturated heterocycles. The maximum atomic E-state index is 12.0. The zero-order valence-corrected chi connectivity index (χ0v) is 12.5. The van der Waals surface area contributed by atoms with Gasteiger partial charge >= 0.3 is 5.97 Å². The number of esters is 1. The molecule has 3 rings (SSSR count). The highest BCUT2D eigenvalue weighted by Gasteiger charge is 2.25. The predicted molar refractivity (Wildman–Crippen MR) is 75.3 cm³/mol. The highest BCUT2D eigenvalue weighted by Crippen LogP contribution is 2.24. The second-order valence-electron chi connectivity index (χ2n) is 5.04. The molecule has 0 aliphatic heterocycles. The summed E-state index contributed by atoms with van der Waals surface area (Å²) >= 11 is 1.18. The number of ketones is 1. The summed E-state index contributed by atoms with van der Waals surface area (Å²) < 4.78 is 6.06. The van der Waals surface area contributed by atoms with E-state index < -0.39 is 0 Å². The van der Waals surface area contributed by atoms with Crippen LogP contribution < -0.4 is 0 Å². The van der Waals surface area contributed by atoms with Crippen molar-refractivity contribution in [3.63, 3.8) is 0 Å². The molecule has 0 unspecified atom stereocenters. The third-order valence-electron chi connectivity index (χ3n) is 3.31. The van der Waals surface area contributed by atoms with Gasteiger partial charge in [0.25, 0.3) is 5.78 Å². The van der Waals surface area contributed by atoms with E-state index in [-0.39, 0.29) is 17.5 Å². The molecular weight excluding hydrogens is 292 g/mol. The first-order chi connectivity index (χ1) is 10.1. The standard InChI is InChI=1S/C13H14N4O3S/c1-7-3-9-8(10(18)4-7)5-17-12(14-9)15-13(16-17)21-6-11(19)20-2/h5,7H,3-4,6H2,1-2H3/t7-/m1/s1. The Morgan fingerprint density at radius 1 is 1.48 bits per heavy atom. The van der Waals surface area contributed by atoms with Crippen molar-refractivity contribution in [3.05, 3.63) is 17.5 Å². The first kappa shape index (κ1) is 14.0. The third kappa shape index (κ3) is 2.76. The van der Waals surface area contributed by atoms with Gasteiger partial charge in [0, 0.05) is 12.6 Å². The summed E-state index contributed by atoms with van der Waals surface area (Å²) in [6.45, 7) is 2.04. The lowest BCUT2D eigenvalue weighted by Gasteiger charge is -2.18. The minimum absolute atomic E-state index is 0.0948. The van der Waals surface area contributed by atoms with Gasteiger partial charge in [-0.2, -0.15) is 4.98 Å². The van der Waals surface area contributed by atoms with Crippen molar-refractivity contribution < 1.29 is 14.3 Å². The second-order valence-corrected chi connectivity index (χ2v) is 5.98. The molecule has 2 aromatic rings. The van der Waals surface area contributed by atoms with Crippen LogP contribution in [0.25, 0.3) is 5.78 Å². The Kier molecular flexibility index (Phi) is 3.62. The fraction of sp³-hybridized carbons (Fsp3) is 0.462. The largest absolute Gasteiger partial charge is 0.468 e. The molecule has 1 aliphatic carbocycles. The smallest absolute Gasteiger partial charge is 0.316 e. The van der Waals surface area contributed by atoms with Gasteiger partial charge in [-0.3, -0.25) is 9.59 Å². The van der Waals surface area contributed by atoms with Crippen molar-refractivity contribution in [2.45, 2.75) is 24.9 Å². The number of thioether (sulfide) groups is 1. The lowest BCUT2D eigenvalue weighted by molar-refractivity contribution is -0.137. The monoisotopic (exact) mass is 306 g/mol. The van der Waals surface area contributed by atoms with Gasteiger partial charge in [0.15, 0.2) is 5.78 Å². The average Bonchev–Trinajstić information content (AvgIpc) is 2.84. The Balaban J connectivity index is 1.92. The maximum absolute atomic E-state index is 12.0. The summed E-state index contributed by atoms with van der Waals surface area (Å²) in [7, 11) is 1.34. The Hall–Kier alpha value is -1.96. The number of carbonyl (C=O) groups is 2. The van der Waals surface area contributed by atoms with E-state index in [4.69, 9.17) is 0 Å². The van der Waals surface area contributed by atoms with Crippen molar-refractivity contribution >= 4 is 29.3 Å². The van der Waals surface area contributed by atoms with E-state index in [1.165, 1.54) is 23.4 Å². The van der Waals surface area contributed by atoms with E-state index in [0.717, 1.165) is 12.1 Å². The molecule has 0 bridgehead atoms. The average molecular weight is 306 g/mol. The quantitative estimate of drug-likeness (QED) is 0.621. The van der Waals surface area contributed by atoms with Gasteiger partial charge in [0.1, 0.15) is 0 Å². The molecule has 8 heteroatoms. The number of methoxy groups -OCH3 is 1. The van der Waals surface area contributed by atoms with Crippen LogP contribution in [0.3, 0.4) is 0 Å². The third-order valence-corrected chi connectivity index (χ3v) is 4.13. The molecule has 2 aromatic heterocycles. The molecule has 0 aromatic carbocycles. The van der Waals surface area contributed by atoms with Gasteiger partial charge in [-0.05, 0) is 12.3 Å². The van der Waals surface area contributed by atoms with Crippen LogP contribution in [-0.4, -0.2) is 44.2 Å². The Morgan fingerprint density at radius 3 is 3.05 bits per heavy atom. The number of nitrogens with zero attached hydrogens (tertiary/aromatic N) is 4. The molecule has 0 saturated carbocycles. The van der Waals surface area contributed by atoms with Crippen LogP contribution in [-0.2, 0) is 16.0 Å². The molecule has 1 atom stereocenters. The van der Waals surface area contributed by atoms with Crippen LogP contribution >= 0.6 is 11.8 Å². The van der Waals surface area contributed by atoms with Crippen molar-refractivity contribution in [1.82, 2.24) is 19.6 Å². The molecule has 7 nitrogen and oxygen atoms in total. The molecular formula is C13H14N4O3S. The fourth-order valence-corrected chi connectivity index (χ4v) is 2.95. The van der Waals surface area contributed by atoms with Gasteiger partial charge in [0.05, 0.1) is 24.1 Å². The Morgan fingerprint density at radius 2 is 2.29 bits per heavy atom. The minimum atomic E-state index is -0.338. The SMILES string of the molecule is COC(=O)CSc1nc2nc3c(cn2n1)C(=O)C[C@H](C)C3. The van der Waals surface area contributed by atoms with Crippen molar-refractivity contribution in [2.24, 2.45) is 5.92 Å². The molecule has 2 heterocycles. The van der Waals surface area contributed by atoms with E-state index >= 15 is 0 Å². The number of Topliss-reactive ketones (excluding diaryl/α,β-unsaturated/α-hetero) is 1. The highest BCUT2D eigenvalue weighted by molar-refractivity contribution is 7.99. The van der Waals surface area contributed by atoms with Crippen LogP contribution in [0.1, 0.15) is 29.4 Å². The van der Waals surface area contributed by atoms with Crippen LogP contribution in [0.2, 0.25) is 0 Å². The van der Waals surface area contributed by atoms with Crippen LogP contribution in [0.5, 0.6) is 0 Å². The molecule has 110 valence electrons. The lowest BCUT2D eigenvalue weighted by Crippen LogP contribution is -2.20. The highest BCUT2D eigenvalue weighted by atomic mass is 32.2. The topological polar surface area (TPSA) is 86.4 Å². The van der Waals surface area contributed by atoms with Crippen molar-refractivity contribution in [1.29, 1.82) is 0 Å². The summed E-state index contributed by atoms with van der Waals surface area (Å²) in [5, 5.41) is 4.67. The first-order valence-electron chi connectivity index (χ1n) is 6.56. The van der Waals surface area contributed by atoms with E-state index in [9.17, 15) is 9.59 Å². The number of fused-ring (bicyclic) bond motifs is 2. The lowest BCUT2D eigenvalue weighted by atomic mass is 9.88. The van der Waals surface area contributed by atoms with E-state index in [2.05, 4.69) is 19.8 Å². The van der Waals surface area contributed by atoms with Gasteiger partial charge in [-0.1, -0.05) is 18.7 Å². The van der Waals surface area contributed by atoms with Gasteiger partial charge < -0.3 is 4.74 Å². The predicted octanol–water partition coefficient (Wildman–Crippen LogP) is 1.15. The summed E-state index contributed by atoms with van der Waals surface area (Å²) in [6, 6.07) is 0. The molecule has 21 heavy (non-hydrogen) atoms. The van der Waals surface area contributed by atoms with Crippen LogP contribution in [0.4, 0.5) is 0 Å².